The summed E-state index contributed by atoms with van der Waals surface area (Å²) in [6.45, 7) is 2.60. The molecule has 2 N–H and O–H groups in total. The Morgan fingerprint density at radius 2 is 2.30 bits per heavy atom. The Morgan fingerprint density at radius 3 is 2.95 bits per heavy atom. The van der Waals surface area contributed by atoms with Crippen LogP contribution < -0.4 is 5.32 Å². The van der Waals surface area contributed by atoms with Crippen molar-refractivity contribution >= 4 is 28.2 Å². The number of carboxylic acids is 1. The fourth-order valence-corrected chi connectivity index (χ4v) is 3.20. The van der Waals surface area contributed by atoms with Crippen molar-refractivity contribution in [2.24, 2.45) is 0 Å². The average molecular weight is 297 g/mol. The van der Waals surface area contributed by atoms with E-state index in [-0.39, 0.29) is 17.6 Å². The van der Waals surface area contributed by atoms with Crippen molar-refractivity contribution in [1.82, 2.24) is 0 Å². The van der Waals surface area contributed by atoms with Gasteiger partial charge in [0.2, 0.25) is 5.91 Å². The lowest BCUT2D eigenvalue weighted by Crippen LogP contribution is -2.21. The molecule has 20 heavy (non-hydrogen) atoms. The van der Waals surface area contributed by atoms with Gasteiger partial charge < -0.3 is 15.2 Å². The number of carbonyl (C=O) groups is 2. The second kappa shape index (κ2) is 6.85. The molecule has 1 saturated heterocycles. The van der Waals surface area contributed by atoms with Gasteiger partial charge in [-0.2, -0.15) is 0 Å². The summed E-state index contributed by atoms with van der Waals surface area (Å²) in [5, 5.41) is 12.2. The molecule has 1 aliphatic heterocycles. The van der Waals surface area contributed by atoms with Gasteiger partial charge in [0, 0.05) is 17.9 Å². The van der Waals surface area contributed by atoms with E-state index in [1.54, 1.807) is 6.07 Å². The maximum absolute atomic E-state index is 11.9. The van der Waals surface area contributed by atoms with E-state index in [9.17, 15) is 9.59 Å². The van der Waals surface area contributed by atoms with Gasteiger partial charge in [-0.15, -0.1) is 11.3 Å². The highest BCUT2D eigenvalue weighted by Gasteiger charge is 2.18. The van der Waals surface area contributed by atoms with Crippen molar-refractivity contribution in [2.45, 2.75) is 45.1 Å². The molecule has 6 heteroatoms. The highest BCUT2D eigenvalue weighted by Crippen LogP contribution is 2.28. The van der Waals surface area contributed by atoms with E-state index in [1.165, 1.54) is 11.3 Å². The Kier molecular flexibility index (Phi) is 5.14. The molecule has 110 valence electrons. The smallest absolute Gasteiger partial charge is 0.338 e. The van der Waals surface area contributed by atoms with Crippen LogP contribution in [0.5, 0.6) is 0 Å². The molecule has 0 aliphatic carbocycles. The molecular weight excluding hydrogens is 278 g/mol. The number of hydrogen-bond acceptors (Lipinski definition) is 4. The van der Waals surface area contributed by atoms with E-state index in [4.69, 9.17) is 9.84 Å². The SMILES string of the molecule is Cc1cc(C(=O)O)c(NC(=O)CCC2CCCCO2)s1. The molecule has 1 aromatic heterocycles. The Morgan fingerprint density at radius 1 is 1.50 bits per heavy atom. The standard InChI is InChI=1S/C14H19NO4S/c1-9-8-11(14(17)18)13(20-9)15-12(16)6-5-10-4-2-3-7-19-10/h8,10H,2-7H2,1H3,(H,15,16)(H,17,18). The fourth-order valence-electron chi connectivity index (χ4n) is 2.28. The number of carboxylic acid groups (broad SMARTS) is 1. The van der Waals surface area contributed by atoms with Crippen LogP contribution in [0.25, 0.3) is 0 Å². The fraction of sp³-hybridized carbons (Fsp3) is 0.571. The van der Waals surface area contributed by atoms with E-state index in [2.05, 4.69) is 5.32 Å². The minimum Gasteiger partial charge on any atom is -0.478 e. The molecule has 1 aliphatic rings. The first-order valence-electron chi connectivity index (χ1n) is 6.81. The van der Waals surface area contributed by atoms with Gasteiger partial charge in [-0.1, -0.05) is 0 Å². The second-order valence-corrected chi connectivity index (χ2v) is 6.24. The molecule has 0 spiro atoms. The molecule has 1 atom stereocenters. The molecule has 0 aromatic carbocycles. The molecule has 1 unspecified atom stereocenters. The summed E-state index contributed by atoms with van der Waals surface area (Å²) >= 11 is 1.29. The molecule has 0 bridgehead atoms. The Bertz CT molecular complexity index is 491. The van der Waals surface area contributed by atoms with Crippen LogP contribution in [0.2, 0.25) is 0 Å². The number of ether oxygens (including phenoxy) is 1. The summed E-state index contributed by atoms with van der Waals surface area (Å²) in [4.78, 5) is 23.8. The third-order valence-corrected chi connectivity index (χ3v) is 4.27. The molecular formula is C14H19NO4S. The first-order valence-corrected chi connectivity index (χ1v) is 7.63. The number of carbonyl (C=O) groups excluding carboxylic acids is 1. The zero-order valence-electron chi connectivity index (χ0n) is 11.5. The van der Waals surface area contributed by atoms with Gasteiger partial charge in [0.15, 0.2) is 0 Å². The normalized spacial score (nSPS) is 18.8. The minimum absolute atomic E-state index is 0.150. The molecule has 1 fully saturated rings. The number of anilines is 1. The summed E-state index contributed by atoms with van der Waals surface area (Å²) in [5.41, 5.74) is 0.162. The minimum atomic E-state index is -1.01. The van der Waals surface area contributed by atoms with Crippen LogP contribution >= 0.6 is 11.3 Å². The lowest BCUT2D eigenvalue weighted by Gasteiger charge is -2.22. The Labute approximate surface area is 121 Å². The van der Waals surface area contributed by atoms with Gasteiger partial charge in [-0.05, 0) is 38.7 Å². The van der Waals surface area contributed by atoms with Crippen LogP contribution in [0.1, 0.15) is 47.3 Å². The lowest BCUT2D eigenvalue weighted by molar-refractivity contribution is -0.117. The van der Waals surface area contributed by atoms with Crippen molar-refractivity contribution in [2.75, 3.05) is 11.9 Å². The van der Waals surface area contributed by atoms with Crippen molar-refractivity contribution in [1.29, 1.82) is 0 Å². The van der Waals surface area contributed by atoms with Crippen LogP contribution in [0.3, 0.4) is 0 Å². The largest absolute Gasteiger partial charge is 0.478 e. The van der Waals surface area contributed by atoms with E-state index in [1.807, 2.05) is 6.92 Å². The first kappa shape index (κ1) is 15.0. The topological polar surface area (TPSA) is 75.6 Å². The van der Waals surface area contributed by atoms with E-state index >= 15 is 0 Å². The van der Waals surface area contributed by atoms with Crippen molar-refractivity contribution in [3.8, 4) is 0 Å². The van der Waals surface area contributed by atoms with Crippen LogP contribution in [-0.4, -0.2) is 29.7 Å². The van der Waals surface area contributed by atoms with Crippen molar-refractivity contribution in [3.63, 3.8) is 0 Å². The van der Waals surface area contributed by atoms with Gasteiger partial charge in [0.05, 0.1) is 11.7 Å². The summed E-state index contributed by atoms with van der Waals surface area (Å²) in [7, 11) is 0. The second-order valence-electron chi connectivity index (χ2n) is 4.98. The number of aryl methyl sites for hydroxylation is 1. The number of aromatic carboxylic acids is 1. The molecule has 0 radical (unpaired) electrons. The zero-order chi connectivity index (χ0) is 14.5. The summed E-state index contributed by atoms with van der Waals surface area (Å²) in [5.74, 6) is -1.16. The van der Waals surface area contributed by atoms with Gasteiger partial charge in [0.1, 0.15) is 5.00 Å². The molecule has 1 aromatic rings. The quantitative estimate of drug-likeness (QED) is 0.876. The number of rotatable bonds is 5. The zero-order valence-corrected chi connectivity index (χ0v) is 12.3. The average Bonchev–Trinajstić information content (AvgIpc) is 2.79. The molecule has 2 rings (SSSR count). The van der Waals surface area contributed by atoms with Crippen LogP contribution in [0.15, 0.2) is 6.07 Å². The number of amides is 1. The molecule has 1 amide bonds. The van der Waals surface area contributed by atoms with Gasteiger partial charge in [-0.3, -0.25) is 4.79 Å². The number of thiophene rings is 1. The van der Waals surface area contributed by atoms with Crippen LogP contribution in [0.4, 0.5) is 5.00 Å². The summed E-state index contributed by atoms with van der Waals surface area (Å²) in [6, 6.07) is 1.58. The van der Waals surface area contributed by atoms with Crippen LogP contribution in [-0.2, 0) is 9.53 Å². The molecule has 5 nitrogen and oxygen atoms in total. The number of hydrogen-bond donors (Lipinski definition) is 2. The van der Waals surface area contributed by atoms with Gasteiger partial charge in [0.25, 0.3) is 0 Å². The van der Waals surface area contributed by atoms with Gasteiger partial charge >= 0.3 is 5.97 Å². The van der Waals surface area contributed by atoms with E-state index in [0.29, 0.717) is 17.8 Å². The lowest BCUT2D eigenvalue weighted by atomic mass is 10.0. The molecule has 2 heterocycles. The van der Waals surface area contributed by atoms with Crippen LogP contribution in [0, 0.1) is 6.92 Å². The van der Waals surface area contributed by atoms with E-state index < -0.39 is 5.97 Å². The Hall–Kier alpha value is -1.40. The van der Waals surface area contributed by atoms with Crippen molar-refractivity contribution < 1.29 is 19.4 Å². The predicted molar refractivity (Wildman–Crippen MR) is 77.5 cm³/mol. The first-order chi connectivity index (χ1) is 9.56. The highest BCUT2D eigenvalue weighted by atomic mass is 32.1. The van der Waals surface area contributed by atoms with Crippen molar-refractivity contribution in [3.05, 3.63) is 16.5 Å². The third-order valence-electron chi connectivity index (χ3n) is 3.31. The van der Waals surface area contributed by atoms with Gasteiger partial charge in [-0.25, -0.2) is 4.79 Å². The highest BCUT2D eigenvalue weighted by molar-refractivity contribution is 7.16. The maximum atomic E-state index is 11.9. The molecule has 0 saturated carbocycles. The third kappa shape index (κ3) is 4.05. The number of nitrogens with one attached hydrogen (secondary N) is 1. The summed E-state index contributed by atoms with van der Waals surface area (Å²) < 4.78 is 5.57. The Balaban J connectivity index is 1.86. The predicted octanol–water partition coefficient (Wildman–Crippen LogP) is 3.04. The summed E-state index contributed by atoms with van der Waals surface area (Å²) in [6.07, 6.45) is 4.47. The monoisotopic (exact) mass is 297 g/mol. The van der Waals surface area contributed by atoms with E-state index in [0.717, 1.165) is 30.7 Å². The maximum Gasteiger partial charge on any atom is 0.338 e.